The lowest BCUT2D eigenvalue weighted by atomic mass is 10.0. The molecule has 0 heterocycles. The van der Waals surface area contributed by atoms with Crippen LogP contribution >= 0.6 is 0 Å². The molecule has 212 valence electrons. The second-order valence-corrected chi connectivity index (χ2v) is 12.0. The van der Waals surface area contributed by atoms with Crippen molar-refractivity contribution in [3.63, 3.8) is 0 Å². The monoisotopic (exact) mass is 569 g/mol. The predicted molar refractivity (Wildman–Crippen MR) is 150 cm³/mol. The Kier molecular flexibility index (Phi) is 9.52. The summed E-state index contributed by atoms with van der Waals surface area (Å²) in [6, 6.07) is 18.7. The Morgan fingerprint density at radius 1 is 0.875 bits per heavy atom. The molecule has 1 aliphatic carbocycles. The molecule has 4 rings (SSSR count). The molecular formula is C30H33F2N3O4S. The first-order chi connectivity index (χ1) is 19.1. The van der Waals surface area contributed by atoms with Crippen molar-refractivity contribution in [1.29, 1.82) is 0 Å². The minimum atomic E-state index is -3.95. The van der Waals surface area contributed by atoms with E-state index in [2.05, 4.69) is 5.32 Å². The third kappa shape index (κ3) is 7.88. The topological polar surface area (TPSA) is 86.8 Å². The summed E-state index contributed by atoms with van der Waals surface area (Å²) in [7, 11) is -3.95. The van der Waals surface area contributed by atoms with Crippen LogP contribution in [0.25, 0.3) is 0 Å². The number of amides is 2. The highest BCUT2D eigenvalue weighted by Crippen LogP contribution is 2.22. The van der Waals surface area contributed by atoms with Crippen molar-refractivity contribution in [2.75, 3.05) is 17.1 Å². The molecule has 1 aliphatic rings. The zero-order valence-electron chi connectivity index (χ0n) is 22.3. The van der Waals surface area contributed by atoms with Crippen LogP contribution in [0, 0.1) is 11.6 Å². The Labute approximate surface area is 233 Å². The average molecular weight is 570 g/mol. The Balaban J connectivity index is 1.71. The lowest BCUT2D eigenvalue weighted by Gasteiger charge is -2.34. The molecule has 3 aromatic carbocycles. The molecule has 1 N–H and O–H groups in total. The molecule has 0 saturated heterocycles. The number of anilines is 1. The summed E-state index contributed by atoms with van der Waals surface area (Å²) in [5.41, 5.74) is 1.52. The summed E-state index contributed by atoms with van der Waals surface area (Å²) in [6.45, 7) is -0.649. The number of rotatable bonds is 11. The van der Waals surface area contributed by atoms with Gasteiger partial charge in [-0.3, -0.25) is 13.9 Å². The molecule has 0 aliphatic heterocycles. The molecule has 1 atom stereocenters. The molecule has 0 unspecified atom stereocenters. The van der Waals surface area contributed by atoms with E-state index in [0.717, 1.165) is 53.9 Å². The maximum Gasteiger partial charge on any atom is 0.244 e. The largest absolute Gasteiger partial charge is 0.352 e. The van der Waals surface area contributed by atoms with E-state index in [-0.39, 0.29) is 30.6 Å². The van der Waals surface area contributed by atoms with E-state index >= 15 is 0 Å². The Bertz CT molecular complexity index is 1400. The van der Waals surface area contributed by atoms with Crippen LogP contribution in [0.1, 0.15) is 36.8 Å². The van der Waals surface area contributed by atoms with Gasteiger partial charge in [0.1, 0.15) is 24.2 Å². The predicted octanol–water partition coefficient (Wildman–Crippen LogP) is 4.43. The van der Waals surface area contributed by atoms with Crippen LogP contribution in [0.3, 0.4) is 0 Å². The van der Waals surface area contributed by atoms with Crippen LogP contribution in [-0.4, -0.2) is 50.0 Å². The van der Waals surface area contributed by atoms with Crippen molar-refractivity contribution < 1.29 is 26.8 Å². The summed E-state index contributed by atoms with van der Waals surface area (Å²) in [5.74, 6) is -1.95. The van der Waals surface area contributed by atoms with Gasteiger partial charge in [0.25, 0.3) is 0 Å². The van der Waals surface area contributed by atoms with Crippen molar-refractivity contribution in [1.82, 2.24) is 10.2 Å². The lowest BCUT2D eigenvalue weighted by molar-refractivity contribution is -0.140. The highest BCUT2D eigenvalue weighted by atomic mass is 32.2. The number of sulfonamides is 1. The Morgan fingerprint density at radius 2 is 1.45 bits per heavy atom. The van der Waals surface area contributed by atoms with Crippen LogP contribution in [0.15, 0.2) is 78.9 Å². The lowest BCUT2D eigenvalue weighted by Crippen LogP contribution is -2.54. The van der Waals surface area contributed by atoms with Gasteiger partial charge in [-0.25, -0.2) is 17.2 Å². The van der Waals surface area contributed by atoms with Gasteiger partial charge in [-0.2, -0.15) is 0 Å². The van der Waals surface area contributed by atoms with Gasteiger partial charge in [0.2, 0.25) is 21.8 Å². The van der Waals surface area contributed by atoms with E-state index in [1.54, 1.807) is 0 Å². The molecule has 40 heavy (non-hydrogen) atoms. The van der Waals surface area contributed by atoms with Gasteiger partial charge in [0, 0.05) is 19.0 Å². The van der Waals surface area contributed by atoms with Gasteiger partial charge in [-0.1, -0.05) is 55.3 Å². The number of hydrogen-bond acceptors (Lipinski definition) is 4. The van der Waals surface area contributed by atoms with Crippen molar-refractivity contribution >= 4 is 27.5 Å². The van der Waals surface area contributed by atoms with Crippen LogP contribution in [0.4, 0.5) is 14.5 Å². The summed E-state index contributed by atoms with van der Waals surface area (Å²) in [4.78, 5) is 29.1. The molecule has 2 amide bonds. The van der Waals surface area contributed by atoms with E-state index in [0.29, 0.717) is 5.56 Å². The number of carbonyl (C=O) groups is 2. The first-order valence-electron chi connectivity index (χ1n) is 13.2. The summed E-state index contributed by atoms with van der Waals surface area (Å²) in [5, 5.41) is 3.08. The van der Waals surface area contributed by atoms with Gasteiger partial charge < -0.3 is 10.2 Å². The zero-order valence-corrected chi connectivity index (χ0v) is 23.1. The van der Waals surface area contributed by atoms with Crippen molar-refractivity contribution in [2.24, 2.45) is 0 Å². The molecule has 0 aromatic heterocycles. The molecule has 3 aromatic rings. The second kappa shape index (κ2) is 13.0. The summed E-state index contributed by atoms with van der Waals surface area (Å²) < 4.78 is 53.6. The first kappa shape index (κ1) is 29.2. The molecule has 10 heteroatoms. The van der Waals surface area contributed by atoms with Gasteiger partial charge in [-0.15, -0.1) is 0 Å². The number of nitrogens with one attached hydrogen (secondary N) is 1. The van der Waals surface area contributed by atoms with Crippen LogP contribution < -0.4 is 9.62 Å². The number of hydrogen-bond donors (Lipinski definition) is 1. The minimum absolute atomic E-state index is 0.000259. The second-order valence-electron chi connectivity index (χ2n) is 10.1. The Morgan fingerprint density at radius 3 is 2.02 bits per heavy atom. The zero-order chi connectivity index (χ0) is 28.7. The van der Waals surface area contributed by atoms with E-state index in [1.807, 2.05) is 30.3 Å². The van der Waals surface area contributed by atoms with Crippen molar-refractivity contribution in [3.8, 4) is 0 Å². The third-order valence-corrected chi connectivity index (χ3v) is 8.17. The van der Waals surface area contributed by atoms with E-state index in [4.69, 9.17) is 0 Å². The smallest absolute Gasteiger partial charge is 0.244 e. The van der Waals surface area contributed by atoms with Crippen LogP contribution in [0.2, 0.25) is 0 Å². The molecular weight excluding hydrogens is 536 g/mol. The van der Waals surface area contributed by atoms with Crippen LogP contribution in [0.5, 0.6) is 0 Å². The highest BCUT2D eigenvalue weighted by Gasteiger charge is 2.34. The third-order valence-electron chi connectivity index (χ3n) is 7.03. The first-order valence-corrected chi connectivity index (χ1v) is 15.1. The Hall–Kier alpha value is -3.79. The maximum atomic E-state index is 14.0. The van der Waals surface area contributed by atoms with E-state index in [9.17, 15) is 26.8 Å². The maximum absolute atomic E-state index is 14.0. The minimum Gasteiger partial charge on any atom is -0.352 e. The average Bonchev–Trinajstić information content (AvgIpc) is 3.44. The van der Waals surface area contributed by atoms with Gasteiger partial charge in [0.15, 0.2) is 0 Å². The van der Waals surface area contributed by atoms with Gasteiger partial charge in [-0.05, 0) is 60.4 Å². The van der Waals surface area contributed by atoms with Gasteiger partial charge in [0.05, 0.1) is 11.9 Å². The molecule has 0 bridgehead atoms. The molecule has 0 spiro atoms. The molecule has 7 nitrogen and oxygen atoms in total. The van der Waals surface area contributed by atoms with Gasteiger partial charge >= 0.3 is 0 Å². The molecule has 1 fully saturated rings. The summed E-state index contributed by atoms with van der Waals surface area (Å²) in [6.07, 6.45) is 4.87. The quantitative estimate of drug-likeness (QED) is 0.370. The number of benzene rings is 3. The normalized spacial score (nSPS) is 14.5. The number of halogens is 2. The van der Waals surface area contributed by atoms with E-state index < -0.39 is 40.2 Å². The fourth-order valence-electron chi connectivity index (χ4n) is 4.93. The molecule has 1 saturated carbocycles. The fourth-order valence-corrected chi connectivity index (χ4v) is 5.78. The summed E-state index contributed by atoms with van der Waals surface area (Å²) >= 11 is 0. The van der Waals surface area contributed by atoms with E-state index in [1.165, 1.54) is 41.3 Å². The van der Waals surface area contributed by atoms with Crippen molar-refractivity contribution in [2.45, 2.75) is 50.7 Å². The molecule has 0 radical (unpaired) electrons. The fraction of sp³-hybridized carbons (Fsp3) is 0.333. The van der Waals surface area contributed by atoms with Crippen molar-refractivity contribution in [3.05, 3.63) is 102 Å². The highest BCUT2D eigenvalue weighted by molar-refractivity contribution is 7.92. The number of nitrogens with zero attached hydrogens (tertiary/aromatic N) is 2. The standard InChI is InChI=1S/C30H33F2N3O4S/c1-40(38,39)35(27-17-15-25(32)16-18-27)21-29(36)34(20-23-11-13-24(31)14-12-23)28(19-22-7-3-2-4-8-22)30(37)33-26-9-5-6-10-26/h2-4,7-8,11-18,26,28H,5-6,9-10,19-21H2,1H3,(H,33,37)/t28-/m1/s1. The van der Waals surface area contributed by atoms with Crippen LogP contribution in [-0.2, 0) is 32.6 Å². The SMILES string of the molecule is CS(=O)(=O)N(CC(=O)N(Cc1ccc(F)cc1)[C@H](Cc1ccccc1)C(=O)NC1CCCC1)c1ccc(F)cc1. The number of carbonyl (C=O) groups excluding carboxylic acids is 2.